The van der Waals surface area contributed by atoms with Crippen LogP contribution >= 0.6 is 15.9 Å². The molecule has 0 aliphatic rings. The van der Waals surface area contributed by atoms with E-state index in [0.29, 0.717) is 12.2 Å². The van der Waals surface area contributed by atoms with Gasteiger partial charge in [0, 0.05) is 13.6 Å². The molecule has 0 aromatic carbocycles. The zero-order valence-corrected chi connectivity index (χ0v) is 13.9. The number of aryl methyl sites for hydroxylation is 2. The van der Waals surface area contributed by atoms with Gasteiger partial charge in [-0.1, -0.05) is 0 Å². The molecular weight excluding hydrogens is 356 g/mol. The first-order valence-electron chi connectivity index (χ1n) is 6.53. The maximum Gasteiger partial charge on any atom is 0.322 e. The second-order valence-electron chi connectivity index (χ2n) is 4.60. The molecule has 0 spiro atoms. The van der Waals surface area contributed by atoms with Crippen molar-refractivity contribution in [1.29, 1.82) is 0 Å². The standard InChI is InChI=1S/C12H15BrN6O3/c1-4-18-9(8(13)5-15-18)6-14-12(20)10-11(19(21)22)7(2)17(3)16-10/h5H,4,6H2,1-3H3,(H,14,20). The van der Waals surface area contributed by atoms with Crippen molar-refractivity contribution in [3.63, 3.8) is 0 Å². The molecule has 2 aromatic rings. The molecule has 0 aliphatic carbocycles. The predicted octanol–water partition coefficient (Wildman–Crippen LogP) is 1.55. The van der Waals surface area contributed by atoms with Crippen molar-refractivity contribution in [2.24, 2.45) is 7.05 Å². The summed E-state index contributed by atoms with van der Waals surface area (Å²) >= 11 is 3.36. The average molecular weight is 371 g/mol. The number of aromatic nitrogens is 4. The van der Waals surface area contributed by atoms with E-state index in [0.717, 1.165) is 10.2 Å². The zero-order chi connectivity index (χ0) is 16.4. The van der Waals surface area contributed by atoms with Crippen molar-refractivity contribution in [2.45, 2.75) is 26.9 Å². The molecule has 0 fully saturated rings. The molecule has 2 heterocycles. The maximum absolute atomic E-state index is 12.2. The molecule has 1 amide bonds. The van der Waals surface area contributed by atoms with Crippen LogP contribution in [0.3, 0.4) is 0 Å². The molecule has 0 aliphatic heterocycles. The van der Waals surface area contributed by atoms with E-state index >= 15 is 0 Å². The minimum absolute atomic E-state index is 0.191. The molecule has 118 valence electrons. The van der Waals surface area contributed by atoms with E-state index in [4.69, 9.17) is 0 Å². The lowest BCUT2D eigenvalue weighted by atomic mass is 10.3. The van der Waals surface area contributed by atoms with Crippen LogP contribution in [-0.2, 0) is 20.1 Å². The average Bonchev–Trinajstić information content (AvgIpc) is 2.97. The largest absolute Gasteiger partial charge is 0.345 e. The van der Waals surface area contributed by atoms with Crippen molar-refractivity contribution < 1.29 is 9.72 Å². The number of nitrogens with one attached hydrogen (secondary N) is 1. The Bertz CT molecular complexity index is 736. The summed E-state index contributed by atoms with van der Waals surface area (Å²) in [6, 6.07) is 0. The van der Waals surface area contributed by atoms with Gasteiger partial charge in [0.25, 0.3) is 5.91 Å². The molecule has 0 saturated carbocycles. The molecule has 2 aromatic heterocycles. The Morgan fingerprint density at radius 1 is 1.55 bits per heavy atom. The van der Waals surface area contributed by atoms with Crippen LogP contribution in [0.15, 0.2) is 10.7 Å². The minimum atomic E-state index is -0.594. The Labute approximate surface area is 134 Å². The molecule has 0 atom stereocenters. The Morgan fingerprint density at radius 3 is 2.82 bits per heavy atom. The number of halogens is 1. The van der Waals surface area contributed by atoms with Gasteiger partial charge in [-0.05, 0) is 29.8 Å². The van der Waals surface area contributed by atoms with E-state index < -0.39 is 10.8 Å². The fourth-order valence-corrected chi connectivity index (χ4v) is 2.49. The van der Waals surface area contributed by atoms with Crippen LogP contribution in [0, 0.1) is 17.0 Å². The highest BCUT2D eigenvalue weighted by atomic mass is 79.9. The Kier molecular flexibility index (Phi) is 4.59. The monoisotopic (exact) mass is 370 g/mol. The Morgan fingerprint density at radius 2 is 2.23 bits per heavy atom. The third-order valence-electron chi connectivity index (χ3n) is 3.31. The number of nitro groups is 1. The molecule has 9 nitrogen and oxygen atoms in total. The van der Waals surface area contributed by atoms with Gasteiger partial charge in [0.15, 0.2) is 0 Å². The number of nitrogens with zero attached hydrogens (tertiary/aromatic N) is 5. The SMILES string of the molecule is CCn1ncc(Br)c1CNC(=O)c1nn(C)c(C)c1[N+](=O)[O-]. The summed E-state index contributed by atoms with van der Waals surface area (Å²) in [6.07, 6.45) is 1.64. The topological polar surface area (TPSA) is 108 Å². The van der Waals surface area contributed by atoms with Gasteiger partial charge in [-0.2, -0.15) is 10.2 Å². The van der Waals surface area contributed by atoms with E-state index in [-0.39, 0.29) is 17.9 Å². The van der Waals surface area contributed by atoms with E-state index in [9.17, 15) is 14.9 Å². The highest BCUT2D eigenvalue weighted by Crippen LogP contribution is 2.22. The maximum atomic E-state index is 12.2. The summed E-state index contributed by atoms with van der Waals surface area (Å²) in [7, 11) is 1.56. The normalized spacial score (nSPS) is 10.7. The molecule has 2 rings (SSSR count). The fraction of sp³-hybridized carbons (Fsp3) is 0.417. The van der Waals surface area contributed by atoms with Gasteiger partial charge >= 0.3 is 5.69 Å². The first-order valence-corrected chi connectivity index (χ1v) is 7.32. The van der Waals surface area contributed by atoms with Crippen molar-refractivity contribution in [2.75, 3.05) is 0 Å². The fourth-order valence-electron chi connectivity index (χ4n) is 2.05. The number of amides is 1. The number of rotatable bonds is 5. The van der Waals surface area contributed by atoms with Crippen molar-refractivity contribution in [3.05, 3.63) is 37.9 Å². The Balaban J connectivity index is 2.22. The van der Waals surface area contributed by atoms with Crippen LogP contribution < -0.4 is 5.32 Å². The lowest BCUT2D eigenvalue weighted by Gasteiger charge is -2.06. The van der Waals surface area contributed by atoms with Crippen LogP contribution in [-0.4, -0.2) is 30.4 Å². The summed E-state index contributed by atoms with van der Waals surface area (Å²) in [5.41, 5.74) is 0.646. The summed E-state index contributed by atoms with van der Waals surface area (Å²) in [6.45, 7) is 4.32. The number of carbonyl (C=O) groups excluding carboxylic acids is 1. The van der Waals surface area contributed by atoms with Crippen LogP contribution in [0.5, 0.6) is 0 Å². The molecule has 22 heavy (non-hydrogen) atoms. The van der Waals surface area contributed by atoms with Crippen LogP contribution in [0.25, 0.3) is 0 Å². The number of carbonyl (C=O) groups is 1. The van der Waals surface area contributed by atoms with Gasteiger partial charge in [-0.3, -0.25) is 24.3 Å². The lowest BCUT2D eigenvalue weighted by Crippen LogP contribution is -2.25. The summed E-state index contributed by atoms with van der Waals surface area (Å²) < 4.78 is 3.81. The third kappa shape index (κ3) is 2.86. The second kappa shape index (κ2) is 6.26. The summed E-state index contributed by atoms with van der Waals surface area (Å²) in [5.74, 6) is -0.592. The van der Waals surface area contributed by atoms with Crippen LogP contribution in [0.4, 0.5) is 5.69 Å². The van der Waals surface area contributed by atoms with Gasteiger partial charge < -0.3 is 5.32 Å². The van der Waals surface area contributed by atoms with Gasteiger partial charge in [0.1, 0.15) is 5.69 Å². The molecular formula is C12H15BrN6O3. The predicted molar refractivity (Wildman–Crippen MR) is 81.4 cm³/mol. The van der Waals surface area contributed by atoms with Crippen molar-refractivity contribution in [1.82, 2.24) is 24.9 Å². The molecule has 10 heteroatoms. The van der Waals surface area contributed by atoms with Gasteiger partial charge in [0.2, 0.25) is 5.69 Å². The Hall–Kier alpha value is -2.23. The smallest absolute Gasteiger partial charge is 0.322 e. The number of hydrogen-bond acceptors (Lipinski definition) is 5. The molecule has 0 saturated heterocycles. The van der Waals surface area contributed by atoms with Gasteiger partial charge in [-0.25, -0.2) is 0 Å². The molecule has 1 N–H and O–H groups in total. The highest BCUT2D eigenvalue weighted by Gasteiger charge is 2.28. The minimum Gasteiger partial charge on any atom is -0.345 e. The van der Waals surface area contributed by atoms with Gasteiger partial charge in [-0.15, -0.1) is 0 Å². The van der Waals surface area contributed by atoms with E-state index in [1.54, 1.807) is 24.9 Å². The van der Waals surface area contributed by atoms with Gasteiger partial charge in [0.05, 0.1) is 27.8 Å². The second-order valence-corrected chi connectivity index (χ2v) is 5.46. The van der Waals surface area contributed by atoms with E-state index in [1.165, 1.54) is 4.68 Å². The van der Waals surface area contributed by atoms with Crippen LogP contribution in [0.1, 0.15) is 28.8 Å². The van der Waals surface area contributed by atoms with Crippen molar-refractivity contribution >= 4 is 27.5 Å². The quantitative estimate of drug-likeness (QED) is 0.634. The van der Waals surface area contributed by atoms with E-state index in [2.05, 4.69) is 31.4 Å². The zero-order valence-electron chi connectivity index (χ0n) is 12.3. The summed E-state index contributed by atoms with van der Waals surface area (Å²) in [5, 5.41) is 21.8. The first-order chi connectivity index (χ1) is 10.4. The van der Waals surface area contributed by atoms with Crippen LogP contribution in [0.2, 0.25) is 0 Å². The summed E-state index contributed by atoms with van der Waals surface area (Å²) in [4.78, 5) is 22.7. The molecule has 0 bridgehead atoms. The third-order valence-corrected chi connectivity index (χ3v) is 3.98. The molecule has 0 unspecified atom stereocenters. The number of hydrogen-bond donors (Lipinski definition) is 1. The highest BCUT2D eigenvalue weighted by molar-refractivity contribution is 9.10. The van der Waals surface area contributed by atoms with Crippen molar-refractivity contribution in [3.8, 4) is 0 Å². The van der Waals surface area contributed by atoms with E-state index in [1.807, 2.05) is 6.92 Å². The molecule has 0 radical (unpaired) electrons. The first kappa shape index (κ1) is 16.1. The lowest BCUT2D eigenvalue weighted by molar-refractivity contribution is -0.385.